The predicted octanol–water partition coefficient (Wildman–Crippen LogP) is -1.12. The van der Waals surface area contributed by atoms with Gasteiger partial charge in [-0.3, -0.25) is 9.59 Å². The summed E-state index contributed by atoms with van der Waals surface area (Å²) in [5, 5.41) is 11.6. The summed E-state index contributed by atoms with van der Waals surface area (Å²) in [6.45, 7) is -0.203. The van der Waals surface area contributed by atoms with Gasteiger partial charge in [-0.15, -0.1) is 0 Å². The summed E-state index contributed by atoms with van der Waals surface area (Å²) in [4.78, 5) is 22.0. The molecule has 3 N–H and O–H groups in total. The zero-order chi connectivity index (χ0) is 15.8. The minimum Gasteiger partial charge on any atom is -0.390 e. The predicted molar refractivity (Wildman–Crippen MR) is 64.2 cm³/mol. The van der Waals surface area contributed by atoms with Gasteiger partial charge >= 0.3 is 0 Å². The number of aliphatic hydroxyl groups excluding tert-OH is 1. The summed E-state index contributed by atoms with van der Waals surface area (Å²) < 4.78 is 51.6. The van der Waals surface area contributed by atoms with Gasteiger partial charge in [-0.25, -0.2) is 21.9 Å². The van der Waals surface area contributed by atoms with Gasteiger partial charge in [0.15, 0.2) is 11.6 Å². The molecule has 2 amide bonds. The molecule has 1 heterocycles. The molecule has 2 atom stereocenters. The molecule has 1 aromatic rings. The average molecular weight is 320 g/mol. The Balaban J connectivity index is 2.28. The number of carbonyl (C=O) groups excluding carboxylic acids is 2. The van der Waals surface area contributed by atoms with E-state index in [1.165, 1.54) is 4.72 Å². The SMILES string of the molecule is O=C1NCC(O)C1C(=O)NS(=O)(=O)c1cccc(F)c1F. The van der Waals surface area contributed by atoms with Crippen LogP contribution >= 0.6 is 0 Å². The number of rotatable bonds is 3. The van der Waals surface area contributed by atoms with Crippen LogP contribution in [0.15, 0.2) is 23.1 Å². The Kier molecular flexibility index (Phi) is 3.92. The van der Waals surface area contributed by atoms with Gasteiger partial charge in [-0.05, 0) is 12.1 Å². The van der Waals surface area contributed by atoms with Crippen molar-refractivity contribution in [2.75, 3.05) is 6.54 Å². The molecule has 21 heavy (non-hydrogen) atoms. The van der Waals surface area contributed by atoms with E-state index in [2.05, 4.69) is 5.32 Å². The monoisotopic (exact) mass is 320 g/mol. The number of sulfonamides is 1. The molecule has 1 fully saturated rings. The van der Waals surface area contributed by atoms with E-state index in [1.54, 1.807) is 0 Å². The second-order valence-electron chi connectivity index (χ2n) is 4.31. The third-order valence-electron chi connectivity index (χ3n) is 2.88. The minimum atomic E-state index is -4.70. The fraction of sp³-hybridized carbons (Fsp3) is 0.273. The molecule has 0 radical (unpaired) electrons. The number of hydrogen-bond acceptors (Lipinski definition) is 5. The molecule has 1 aliphatic rings. The van der Waals surface area contributed by atoms with Crippen LogP contribution in [0.25, 0.3) is 0 Å². The Morgan fingerprint density at radius 3 is 2.62 bits per heavy atom. The van der Waals surface area contributed by atoms with E-state index in [1.807, 2.05) is 0 Å². The summed E-state index contributed by atoms with van der Waals surface area (Å²) >= 11 is 0. The highest BCUT2D eigenvalue weighted by molar-refractivity contribution is 7.90. The quantitative estimate of drug-likeness (QED) is 0.611. The summed E-state index contributed by atoms with van der Waals surface area (Å²) in [5.41, 5.74) is 0. The van der Waals surface area contributed by atoms with Crippen LogP contribution < -0.4 is 10.0 Å². The first-order valence-corrected chi connectivity index (χ1v) is 7.19. The van der Waals surface area contributed by atoms with Crippen molar-refractivity contribution in [2.24, 2.45) is 5.92 Å². The second-order valence-corrected chi connectivity index (χ2v) is 5.96. The number of β-amino-alcohol motifs (C(OH)–C–C–N with tert-alkyl or cyclic N) is 1. The molecule has 1 saturated heterocycles. The number of amides is 2. The molecule has 1 aliphatic heterocycles. The van der Waals surface area contributed by atoms with Crippen LogP contribution in [-0.4, -0.2) is 38.0 Å². The van der Waals surface area contributed by atoms with E-state index in [4.69, 9.17) is 0 Å². The number of nitrogens with one attached hydrogen (secondary N) is 2. The molecular weight excluding hydrogens is 310 g/mol. The van der Waals surface area contributed by atoms with Gasteiger partial charge < -0.3 is 10.4 Å². The number of aliphatic hydroxyl groups is 1. The zero-order valence-corrected chi connectivity index (χ0v) is 11.2. The summed E-state index contributed by atoms with van der Waals surface area (Å²) in [6.07, 6.45) is -1.40. The minimum absolute atomic E-state index is 0.203. The van der Waals surface area contributed by atoms with Crippen molar-refractivity contribution >= 4 is 21.8 Å². The first-order chi connectivity index (χ1) is 9.74. The topological polar surface area (TPSA) is 113 Å². The lowest BCUT2D eigenvalue weighted by Crippen LogP contribution is -2.42. The molecule has 7 nitrogen and oxygen atoms in total. The Labute approximate surface area is 118 Å². The number of hydrogen-bond donors (Lipinski definition) is 3. The van der Waals surface area contributed by atoms with Crippen molar-refractivity contribution in [2.45, 2.75) is 11.0 Å². The van der Waals surface area contributed by atoms with E-state index in [0.717, 1.165) is 12.1 Å². The molecular formula is C11H10F2N2O5S. The van der Waals surface area contributed by atoms with E-state index in [-0.39, 0.29) is 6.54 Å². The Morgan fingerprint density at radius 2 is 2.05 bits per heavy atom. The number of carbonyl (C=O) groups is 2. The number of benzene rings is 1. The molecule has 0 aromatic heterocycles. The fourth-order valence-corrected chi connectivity index (χ4v) is 2.94. The Bertz CT molecular complexity index is 707. The summed E-state index contributed by atoms with van der Waals surface area (Å²) in [6, 6.07) is 2.43. The van der Waals surface area contributed by atoms with Crippen LogP contribution in [-0.2, 0) is 19.6 Å². The normalized spacial score (nSPS) is 22.0. The molecule has 0 saturated carbocycles. The molecule has 0 aliphatic carbocycles. The van der Waals surface area contributed by atoms with Crippen molar-refractivity contribution in [1.82, 2.24) is 10.0 Å². The van der Waals surface area contributed by atoms with Gasteiger partial charge in [0.05, 0.1) is 6.10 Å². The van der Waals surface area contributed by atoms with E-state index in [0.29, 0.717) is 6.07 Å². The molecule has 0 bridgehead atoms. The molecule has 2 rings (SSSR count). The van der Waals surface area contributed by atoms with Crippen LogP contribution in [0.4, 0.5) is 8.78 Å². The van der Waals surface area contributed by atoms with Gasteiger partial charge in [0, 0.05) is 6.54 Å². The second kappa shape index (κ2) is 5.37. The Hall–Kier alpha value is -2.07. The van der Waals surface area contributed by atoms with Crippen LogP contribution in [0, 0.1) is 17.6 Å². The van der Waals surface area contributed by atoms with Crippen molar-refractivity contribution < 1.29 is 31.9 Å². The standard InChI is InChI=1S/C11H10F2N2O5S/c12-5-2-1-3-7(9(5)13)21(19,20)15-11(18)8-6(16)4-14-10(8)17/h1-3,6,8,16H,4H2,(H,14,17)(H,15,18). The van der Waals surface area contributed by atoms with Crippen LogP contribution in [0.3, 0.4) is 0 Å². The molecule has 114 valence electrons. The highest BCUT2D eigenvalue weighted by atomic mass is 32.2. The van der Waals surface area contributed by atoms with Gasteiger partial charge in [-0.2, -0.15) is 0 Å². The third-order valence-corrected chi connectivity index (χ3v) is 4.24. The number of halogens is 2. The maximum absolute atomic E-state index is 13.4. The van der Waals surface area contributed by atoms with Crippen LogP contribution in [0.5, 0.6) is 0 Å². The molecule has 1 aromatic carbocycles. The van der Waals surface area contributed by atoms with Gasteiger partial charge in [0.2, 0.25) is 11.8 Å². The molecule has 0 spiro atoms. The van der Waals surface area contributed by atoms with Gasteiger partial charge in [0.1, 0.15) is 10.8 Å². The maximum atomic E-state index is 13.4. The maximum Gasteiger partial charge on any atom is 0.267 e. The summed E-state index contributed by atoms with van der Waals surface area (Å²) in [7, 11) is -4.70. The third kappa shape index (κ3) is 2.85. The highest BCUT2D eigenvalue weighted by Gasteiger charge is 2.41. The lowest BCUT2D eigenvalue weighted by molar-refractivity contribution is -0.134. The van der Waals surface area contributed by atoms with E-state index >= 15 is 0 Å². The average Bonchev–Trinajstić information content (AvgIpc) is 2.71. The lowest BCUT2D eigenvalue weighted by Gasteiger charge is -2.12. The molecule has 2 unspecified atom stereocenters. The highest BCUT2D eigenvalue weighted by Crippen LogP contribution is 2.18. The van der Waals surface area contributed by atoms with Crippen LogP contribution in [0.2, 0.25) is 0 Å². The first kappa shape index (κ1) is 15.3. The van der Waals surface area contributed by atoms with Gasteiger partial charge in [0.25, 0.3) is 10.0 Å². The smallest absolute Gasteiger partial charge is 0.267 e. The first-order valence-electron chi connectivity index (χ1n) is 5.70. The van der Waals surface area contributed by atoms with Crippen molar-refractivity contribution in [1.29, 1.82) is 0 Å². The van der Waals surface area contributed by atoms with Crippen molar-refractivity contribution in [3.05, 3.63) is 29.8 Å². The largest absolute Gasteiger partial charge is 0.390 e. The Morgan fingerprint density at radius 1 is 1.38 bits per heavy atom. The van der Waals surface area contributed by atoms with Crippen molar-refractivity contribution in [3.8, 4) is 0 Å². The lowest BCUT2D eigenvalue weighted by atomic mass is 10.1. The zero-order valence-electron chi connectivity index (χ0n) is 10.3. The molecule has 10 heteroatoms. The summed E-state index contributed by atoms with van der Waals surface area (Å²) in [5.74, 6) is -6.84. The van der Waals surface area contributed by atoms with Gasteiger partial charge in [-0.1, -0.05) is 6.07 Å². The van der Waals surface area contributed by atoms with Crippen LogP contribution in [0.1, 0.15) is 0 Å². The van der Waals surface area contributed by atoms with E-state index < -0.39 is 50.4 Å². The van der Waals surface area contributed by atoms with Crippen molar-refractivity contribution in [3.63, 3.8) is 0 Å². The van der Waals surface area contributed by atoms with E-state index in [9.17, 15) is 31.9 Å². The fourth-order valence-electron chi connectivity index (χ4n) is 1.84.